The molecule has 63 heavy (non-hydrogen) atoms. The van der Waals surface area contributed by atoms with E-state index < -0.39 is 104 Å². The molecule has 0 aliphatic heterocycles. The smallest absolute Gasteiger partial charge is 0.0996 e. The Bertz CT molecular complexity index is 1540. The zero-order chi connectivity index (χ0) is 49.0. The van der Waals surface area contributed by atoms with E-state index in [2.05, 4.69) is 0 Å². The first-order chi connectivity index (χ1) is 22.8. The minimum absolute atomic E-state index is 0. The van der Waals surface area contributed by atoms with Crippen molar-refractivity contribution in [3.63, 3.8) is 0 Å². The molecule has 0 N–H and O–H groups in total. The van der Waals surface area contributed by atoms with Crippen LogP contribution in [0.2, 0.25) is 0 Å². The summed E-state index contributed by atoms with van der Waals surface area (Å²) < 4.78 is 204. The fourth-order valence-electron chi connectivity index (χ4n) is 0. The molecule has 0 fully saturated rings. The van der Waals surface area contributed by atoms with Gasteiger partial charge in [-0.05, 0) is 145 Å². The van der Waals surface area contributed by atoms with Gasteiger partial charge in [0, 0.05) is 0 Å². The third-order valence-corrected chi connectivity index (χ3v) is 15.8. The van der Waals surface area contributed by atoms with Gasteiger partial charge >= 0.3 is 0 Å². The first-order valence-electron chi connectivity index (χ1n) is 15.4. The van der Waals surface area contributed by atoms with Crippen LogP contribution in [0.25, 0.3) is 0 Å². The second-order valence-corrected chi connectivity index (χ2v) is 32.9. The molecule has 0 saturated carbocycles. The summed E-state index contributed by atoms with van der Waals surface area (Å²) in [6.07, 6.45) is 0. The molecule has 0 aliphatic carbocycles. The van der Waals surface area contributed by atoms with Crippen LogP contribution in [0.3, 0.4) is 0 Å². The minimum atomic E-state index is -4.09. The zero-order valence-corrected chi connectivity index (χ0v) is 41.6. The first kappa shape index (κ1) is 100. The van der Waals surface area contributed by atoms with Crippen LogP contribution in [-0.2, 0) is 70.8 Å². The fraction of sp³-hybridized carbons (Fsp3) is 1.00. The van der Waals surface area contributed by atoms with Crippen molar-refractivity contribution in [1.82, 2.24) is 0 Å². The average Bonchev–Trinajstić information content (AvgIpc) is 2.72. The predicted molar refractivity (Wildman–Crippen MR) is 253 cm³/mol. The molecule has 0 saturated heterocycles. The van der Waals surface area contributed by atoms with Gasteiger partial charge < -0.3 is 31.9 Å². The molecule has 0 bridgehead atoms. The van der Waals surface area contributed by atoms with Gasteiger partial charge in [-0.1, -0.05) is 52.0 Å². The van der Waals surface area contributed by atoms with Crippen molar-refractivity contribution >= 4 is 70.8 Å². The summed E-state index contributed by atoms with van der Waals surface area (Å²) in [5.74, 6) is 0. The lowest BCUT2D eigenvalue weighted by molar-refractivity contribution is 0.430. The van der Waals surface area contributed by atoms with Crippen LogP contribution in [-0.4, -0.2) is 124 Å². The normalized spacial score (nSPS) is 12.4. The van der Waals surface area contributed by atoms with Gasteiger partial charge in [0.25, 0.3) is 0 Å². The molecule has 0 heterocycles. The van der Waals surface area contributed by atoms with Gasteiger partial charge in [0.15, 0.2) is 0 Å². The van der Waals surface area contributed by atoms with Crippen LogP contribution in [0.4, 0.5) is 0 Å². The molecule has 21 nitrogen and oxygen atoms in total. The van der Waals surface area contributed by atoms with Gasteiger partial charge in [-0.3, -0.25) is 0 Å². The summed E-state index contributed by atoms with van der Waals surface area (Å²) in [7, 11) is -28.6. The zero-order valence-electron chi connectivity index (χ0n) is 35.9. The lowest BCUT2D eigenvalue weighted by atomic mass is 10.3. The van der Waals surface area contributed by atoms with Gasteiger partial charge in [0.2, 0.25) is 0 Å². The van der Waals surface area contributed by atoms with Crippen molar-refractivity contribution in [3.05, 3.63) is 0 Å². The van der Waals surface area contributed by atoms with E-state index in [1.807, 2.05) is 0 Å². The Kier molecular flexibility index (Phi) is 51.3. The average molecular weight is 1070 g/mol. The first-order valence-corrected chi connectivity index (χ1v) is 25.3. The molecule has 0 rings (SSSR count). The Hall–Kier alpha value is -0.630. The second kappa shape index (κ2) is 32.2. The number of hydrogen-bond acceptors (Lipinski definition) is 21. The molecular formula is C35H91O21S7-7. The molecule has 0 aromatic heterocycles. The van der Waals surface area contributed by atoms with E-state index in [1.165, 1.54) is 145 Å². The maximum absolute atomic E-state index is 10.1. The Balaban J connectivity index is -0.0000000364. The Labute approximate surface area is 390 Å². The fourth-order valence-corrected chi connectivity index (χ4v) is 0. The highest BCUT2D eigenvalue weighted by Crippen LogP contribution is 2.15. The maximum atomic E-state index is 10.1. The molecule has 0 aromatic rings. The van der Waals surface area contributed by atoms with Crippen molar-refractivity contribution in [2.24, 2.45) is 0 Å². The van der Waals surface area contributed by atoms with Crippen LogP contribution in [0.5, 0.6) is 0 Å². The van der Waals surface area contributed by atoms with Crippen molar-refractivity contribution in [1.29, 1.82) is 0 Å². The summed E-state index contributed by atoms with van der Waals surface area (Å²) >= 11 is 0. The van der Waals surface area contributed by atoms with E-state index in [9.17, 15) is 90.8 Å². The lowest BCUT2D eigenvalue weighted by Crippen LogP contribution is -2.26. The molecule has 0 unspecified atom stereocenters. The summed E-state index contributed by atoms with van der Waals surface area (Å²) in [4.78, 5) is 0. The standard InChI is InChI=1S/7C4H10O3S.7CH4/c7*1-4(2,3)8(5,6)7;;;;;;;/h7*1-3H3,(H,5,6,7);7*1H4/p-7. The third kappa shape index (κ3) is 55.6. The highest BCUT2D eigenvalue weighted by Gasteiger charge is 2.21. The Morgan fingerprint density at radius 1 is 0.175 bits per heavy atom. The van der Waals surface area contributed by atoms with Crippen LogP contribution >= 0.6 is 0 Å². The highest BCUT2D eigenvalue weighted by atomic mass is 32.2. The highest BCUT2D eigenvalue weighted by molar-refractivity contribution is 7.88. The van der Waals surface area contributed by atoms with Crippen LogP contribution in [0, 0.1) is 0 Å². The lowest BCUT2D eigenvalue weighted by Gasteiger charge is -2.22. The van der Waals surface area contributed by atoms with Crippen molar-refractivity contribution in [2.45, 2.75) is 231 Å². The van der Waals surface area contributed by atoms with E-state index in [4.69, 9.17) is 0 Å². The molecular weight excluding hydrogens is 981 g/mol. The molecule has 0 aliphatic rings. The molecule has 28 heteroatoms. The Morgan fingerprint density at radius 2 is 0.190 bits per heavy atom. The van der Waals surface area contributed by atoms with Crippen molar-refractivity contribution in [2.75, 3.05) is 0 Å². The molecule has 0 spiro atoms. The maximum Gasteiger partial charge on any atom is 0.0996 e. The second-order valence-electron chi connectivity index (χ2n) is 18.0. The predicted octanol–water partition coefficient (Wildman–Crippen LogP) is 6.76. The number of rotatable bonds is 0. The van der Waals surface area contributed by atoms with E-state index >= 15 is 0 Å². The van der Waals surface area contributed by atoms with E-state index in [1.54, 1.807) is 0 Å². The largest absolute Gasteiger partial charge is 0.748 e. The van der Waals surface area contributed by atoms with Gasteiger partial charge in [-0.2, -0.15) is 0 Å². The molecule has 0 atom stereocenters. The molecule has 0 radical (unpaired) electrons. The van der Waals surface area contributed by atoms with E-state index in [-0.39, 0.29) is 52.0 Å². The van der Waals surface area contributed by atoms with Gasteiger partial charge in [0.1, 0.15) is 0 Å². The van der Waals surface area contributed by atoms with Crippen LogP contribution in [0.15, 0.2) is 0 Å². The quantitative estimate of drug-likeness (QED) is 0.226. The number of hydrogen-bond donors (Lipinski definition) is 0. The molecule has 0 aromatic carbocycles. The van der Waals surface area contributed by atoms with Crippen molar-refractivity contribution < 1.29 is 90.8 Å². The monoisotopic (exact) mass is 1070 g/mol. The topological polar surface area (TPSA) is 400 Å². The SMILES string of the molecule is C.C.C.C.C.C.C.CC(C)(C)S(=O)(=O)[O-].CC(C)(C)S(=O)(=O)[O-].CC(C)(C)S(=O)(=O)[O-].CC(C)(C)S(=O)(=O)[O-].CC(C)(C)S(=O)(=O)[O-].CC(C)(C)S(=O)(=O)[O-].CC(C)(C)S(=O)(=O)[O-]. The van der Waals surface area contributed by atoms with Crippen molar-refractivity contribution in [3.8, 4) is 0 Å². The third-order valence-electron chi connectivity index (χ3n) is 5.25. The van der Waals surface area contributed by atoms with Gasteiger partial charge in [0.05, 0.1) is 104 Å². The summed E-state index contributed by atoms with van der Waals surface area (Å²) in [5.41, 5.74) is 0. The van der Waals surface area contributed by atoms with Gasteiger partial charge in [-0.15, -0.1) is 0 Å². The Morgan fingerprint density at radius 3 is 0.190 bits per heavy atom. The molecule has 0 amide bonds. The van der Waals surface area contributed by atoms with E-state index in [0.717, 1.165) is 0 Å². The summed E-state index contributed by atoms with van der Waals surface area (Å²) in [5, 5.41) is 0. The van der Waals surface area contributed by atoms with E-state index in [0.29, 0.717) is 0 Å². The summed E-state index contributed by atoms with van der Waals surface area (Å²) in [6.45, 7) is 28.8. The summed E-state index contributed by atoms with van der Waals surface area (Å²) in [6, 6.07) is 0. The molecule has 406 valence electrons. The minimum Gasteiger partial charge on any atom is -0.748 e. The van der Waals surface area contributed by atoms with Crippen LogP contribution < -0.4 is 0 Å². The van der Waals surface area contributed by atoms with Gasteiger partial charge in [-0.25, -0.2) is 58.9 Å². The van der Waals surface area contributed by atoms with Crippen LogP contribution in [0.1, 0.15) is 197 Å².